The Kier molecular flexibility index (Phi) is 7.44. The van der Waals surface area contributed by atoms with Crippen LogP contribution in [0.3, 0.4) is 0 Å². The van der Waals surface area contributed by atoms with E-state index >= 15 is 0 Å². The van der Waals surface area contributed by atoms with Crippen LogP contribution in [0, 0.1) is 11.3 Å². The summed E-state index contributed by atoms with van der Waals surface area (Å²) in [5.74, 6) is 0.523. The second-order valence-corrected chi connectivity index (χ2v) is 4.87. The van der Waals surface area contributed by atoms with Crippen molar-refractivity contribution in [3.8, 4) is 11.9 Å². The van der Waals surface area contributed by atoms with E-state index in [2.05, 4.69) is 18.4 Å². The molecule has 0 saturated carbocycles. The number of hydrogen-bond acceptors (Lipinski definition) is 4. The topological polar surface area (TPSA) is 75.0 Å². The van der Waals surface area contributed by atoms with Crippen molar-refractivity contribution < 1.29 is 9.41 Å². The summed E-state index contributed by atoms with van der Waals surface area (Å²) in [4.78, 5) is 0. The number of unbranched alkanes of at least 4 members (excludes halogenated alkanes) is 2. The molecule has 0 aromatic carbocycles. The molecule has 0 saturated heterocycles. The van der Waals surface area contributed by atoms with E-state index in [0.717, 1.165) is 19.4 Å². The summed E-state index contributed by atoms with van der Waals surface area (Å²) >= 11 is 0. The highest BCUT2D eigenvalue weighted by Crippen LogP contribution is 2.09. The Bertz CT molecular complexity index is 442. The maximum absolute atomic E-state index is 9.02. The molecular weight excluding hydrogens is 252 g/mol. The molecule has 5 nitrogen and oxygen atoms in total. The minimum absolute atomic E-state index is 0.222. The van der Waals surface area contributed by atoms with Crippen molar-refractivity contribution in [1.82, 2.24) is 0 Å². The molecule has 0 radical (unpaired) electrons. The van der Waals surface area contributed by atoms with E-state index in [-0.39, 0.29) is 6.04 Å². The van der Waals surface area contributed by atoms with Gasteiger partial charge in [-0.3, -0.25) is 0 Å². The molecule has 110 valence electrons. The van der Waals surface area contributed by atoms with E-state index in [1.807, 2.05) is 12.3 Å². The van der Waals surface area contributed by atoms with Crippen molar-refractivity contribution in [2.75, 3.05) is 19.1 Å². The number of nitrogens with zero attached hydrogens (tertiary/aromatic N) is 2. The molecule has 0 spiro atoms. The Hall–Kier alpha value is -1.80. The number of pyridine rings is 1. The lowest BCUT2D eigenvalue weighted by Gasteiger charge is -2.11. The smallest absolute Gasteiger partial charge is 0.414 e. The summed E-state index contributed by atoms with van der Waals surface area (Å²) in [5.41, 5.74) is 9.80. The number of rotatable bonds is 9. The van der Waals surface area contributed by atoms with E-state index < -0.39 is 0 Å². The van der Waals surface area contributed by atoms with Gasteiger partial charge in [-0.05, 0) is 23.6 Å². The first-order chi connectivity index (χ1) is 9.72. The van der Waals surface area contributed by atoms with Gasteiger partial charge in [-0.15, -0.1) is 0 Å². The molecule has 0 fully saturated rings. The van der Waals surface area contributed by atoms with Gasteiger partial charge >= 0.3 is 5.88 Å². The van der Waals surface area contributed by atoms with Gasteiger partial charge in [0.25, 0.3) is 0 Å². The van der Waals surface area contributed by atoms with Gasteiger partial charge in [-0.1, -0.05) is 26.2 Å². The quantitative estimate of drug-likeness (QED) is 0.532. The van der Waals surface area contributed by atoms with Crippen molar-refractivity contribution >= 4 is 0 Å². The normalized spacial score (nSPS) is 11.7. The van der Waals surface area contributed by atoms with Crippen molar-refractivity contribution in [3.63, 3.8) is 0 Å². The fraction of sp³-hybridized carbons (Fsp3) is 0.600. The molecule has 0 amide bonds. The Morgan fingerprint density at radius 2 is 2.25 bits per heavy atom. The predicted molar refractivity (Wildman–Crippen MR) is 78.9 cm³/mol. The second-order valence-electron chi connectivity index (χ2n) is 4.87. The van der Waals surface area contributed by atoms with E-state index in [1.54, 1.807) is 17.9 Å². The van der Waals surface area contributed by atoms with Crippen LogP contribution in [0.15, 0.2) is 18.3 Å². The van der Waals surface area contributed by atoms with E-state index in [0.29, 0.717) is 11.4 Å². The first-order valence-electron chi connectivity index (χ1n) is 7.21. The standard InChI is InChI=1S/C15H25N4O/c1-3-4-5-8-14(17)9-10-18-19-11-6-7-13(12-16)15(19)20-2/h6-7,11,14,18H,3-5,8-10,17H2,1-2H3/q+1. The van der Waals surface area contributed by atoms with Crippen LogP contribution in [0.4, 0.5) is 0 Å². The Balaban J connectivity index is 2.44. The zero-order valence-electron chi connectivity index (χ0n) is 12.4. The molecule has 1 aromatic heterocycles. The van der Waals surface area contributed by atoms with Gasteiger partial charge in [0.2, 0.25) is 6.20 Å². The maximum Gasteiger partial charge on any atom is 0.414 e. The molecule has 5 heteroatoms. The third-order valence-corrected chi connectivity index (χ3v) is 3.24. The predicted octanol–water partition coefficient (Wildman–Crippen LogP) is 1.70. The molecule has 0 aliphatic heterocycles. The number of nitrogens with one attached hydrogen (secondary N) is 1. The average molecular weight is 277 g/mol. The summed E-state index contributed by atoms with van der Waals surface area (Å²) in [5, 5.41) is 9.02. The molecule has 0 aliphatic carbocycles. The monoisotopic (exact) mass is 277 g/mol. The van der Waals surface area contributed by atoms with Crippen LogP contribution in [0.25, 0.3) is 0 Å². The van der Waals surface area contributed by atoms with E-state index in [4.69, 9.17) is 15.7 Å². The summed E-state index contributed by atoms with van der Waals surface area (Å²) in [7, 11) is 1.56. The molecule has 3 N–H and O–H groups in total. The average Bonchev–Trinajstić information content (AvgIpc) is 2.47. The van der Waals surface area contributed by atoms with Crippen molar-refractivity contribution in [2.45, 2.75) is 45.1 Å². The lowest BCUT2D eigenvalue weighted by Crippen LogP contribution is -2.47. The number of hydrogen-bond donors (Lipinski definition) is 2. The SMILES string of the molecule is CCCCCC(N)CCN[n+]1cccc(C#N)c1OC. The molecule has 1 aromatic rings. The molecular formula is C15H25N4O+. The fourth-order valence-electron chi connectivity index (χ4n) is 2.08. The number of nitrogens with two attached hydrogens (primary N) is 1. The molecule has 1 heterocycles. The highest BCUT2D eigenvalue weighted by Gasteiger charge is 2.16. The summed E-state index contributed by atoms with van der Waals surface area (Å²) in [6, 6.07) is 5.88. The maximum atomic E-state index is 9.02. The summed E-state index contributed by atoms with van der Waals surface area (Å²) < 4.78 is 6.98. The molecule has 20 heavy (non-hydrogen) atoms. The van der Waals surface area contributed by atoms with Crippen LogP contribution in [0.5, 0.6) is 5.88 Å². The Morgan fingerprint density at radius 1 is 1.45 bits per heavy atom. The number of methoxy groups -OCH3 is 1. The van der Waals surface area contributed by atoms with Crippen LogP contribution in [0.1, 0.15) is 44.6 Å². The van der Waals surface area contributed by atoms with Gasteiger partial charge in [0.1, 0.15) is 6.07 Å². The highest BCUT2D eigenvalue weighted by atomic mass is 16.5. The Morgan fingerprint density at radius 3 is 2.90 bits per heavy atom. The highest BCUT2D eigenvalue weighted by molar-refractivity contribution is 5.33. The molecule has 0 aliphatic rings. The molecule has 1 unspecified atom stereocenters. The third kappa shape index (κ3) is 5.06. The lowest BCUT2D eigenvalue weighted by molar-refractivity contribution is -0.656. The largest absolute Gasteiger partial charge is 0.445 e. The van der Waals surface area contributed by atoms with E-state index in [9.17, 15) is 0 Å². The first kappa shape index (κ1) is 16.3. The summed E-state index contributed by atoms with van der Waals surface area (Å²) in [6.45, 7) is 2.95. The van der Waals surface area contributed by atoms with Gasteiger partial charge in [-0.25, -0.2) is 0 Å². The molecule has 1 rings (SSSR count). The number of nitriles is 1. The first-order valence-corrected chi connectivity index (χ1v) is 7.21. The zero-order valence-corrected chi connectivity index (χ0v) is 12.4. The number of ether oxygens (including phenoxy) is 1. The van der Waals surface area contributed by atoms with Crippen molar-refractivity contribution in [3.05, 3.63) is 23.9 Å². The minimum atomic E-state index is 0.222. The second kappa shape index (κ2) is 9.16. The van der Waals surface area contributed by atoms with Crippen molar-refractivity contribution in [2.24, 2.45) is 5.73 Å². The molecule has 0 bridgehead atoms. The molecule has 1 atom stereocenters. The van der Waals surface area contributed by atoms with Gasteiger partial charge in [0.15, 0.2) is 5.56 Å². The van der Waals surface area contributed by atoms with Crippen LogP contribution >= 0.6 is 0 Å². The number of aromatic nitrogens is 1. The lowest BCUT2D eigenvalue weighted by atomic mass is 10.1. The minimum Gasteiger partial charge on any atom is -0.445 e. The van der Waals surface area contributed by atoms with Gasteiger partial charge in [-0.2, -0.15) is 10.7 Å². The van der Waals surface area contributed by atoms with E-state index in [1.165, 1.54) is 19.3 Å². The van der Waals surface area contributed by atoms with Crippen LogP contribution in [-0.2, 0) is 0 Å². The van der Waals surface area contributed by atoms with Gasteiger partial charge in [0, 0.05) is 12.1 Å². The van der Waals surface area contributed by atoms with Crippen LogP contribution in [0.2, 0.25) is 0 Å². The summed E-state index contributed by atoms with van der Waals surface area (Å²) in [6.07, 6.45) is 7.46. The third-order valence-electron chi connectivity index (χ3n) is 3.24. The van der Waals surface area contributed by atoms with Crippen LogP contribution in [-0.4, -0.2) is 19.7 Å². The van der Waals surface area contributed by atoms with Crippen LogP contribution < -0.4 is 20.6 Å². The Labute approximate surface area is 121 Å². The van der Waals surface area contributed by atoms with Gasteiger partial charge in [0.05, 0.1) is 13.7 Å². The fourth-order valence-corrected chi connectivity index (χ4v) is 2.08. The zero-order chi connectivity index (χ0) is 14.8. The van der Waals surface area contributed by atoms with Crippen molar-refractivity contribution in [1.29, 1.82) is 5.26 Å². The van der Waals surface area contributed by atoms with Gasteiger partial charge < -0.3 is 10.5 Å².